The van der Waals surface area contributed by atoms with Crippen LogP contribution >= 0.6 is 15.9 Å². The van der Waals surface area contributed by atoms with Crippen LogP contribution in [0.4, 0.5) is 10.5 Å². The Morgan fingerprint density at radius 3 is 2.57 bits per heavy atom. The molecule has 2 N–H and O–H groups in total. The van der Waals surface area contributed by atoms with Crippen LogP contribution in [0.5, 0.6) is 0 Å². The maximum Gasteiger partial charge on any atom is 0.322 e. The molecule has 5 nitrogen and oxygen atoms in total. The fraction of sp³-hybridized carbons (Fsp3) is 0.467. The van der Waals surface area contributed by atoms with Gasteiger partial charge >= 0.3 is 12.0 Å². The van der Waals surface area contributed by atoms with Crippen molar-refractivity contribution >= 4 is 33.6 Å². The van der Waals surface area contributed by atoms with Crippen LogP contribution in [0.15, 0.2) is 22.7 Å². The van der Waals surface area contributed by atoms with E-state index in [0.717, 1.165) is 10.0 Å². The smallest absolute Gasteiger partial charge is 0.322 e. The molecule has 0 fully saturated rings. The van der Waals surface area contributed by atoms with Gasteiger partial charge in [-0.3, -0.25) is 4.79 Å². The molecule has 0 atom stereocenters. The number of halogens is 1. The summed E-state index contributed by atoms with van der Waals surface area (Å²) in [5.74, 6) is -0.846. The lowest BCUT2D eigenvalue weighted by molar-refractivity contribution is -0.137. The van der Waals surface area contributed by atoms with Gasteiger partial charge in [0.1, 0.15) is 0 Å². The summed E-state index contributed by atoms with van der Waals surface area (Å²) in [5.41, 5.74) is 1.80. The Morgan fingerprint density at radius 2 is 2.05 bits per heavy atom. The number of nitrogens with one attached hydrogen (secondary N) is 1. The predicted molar refractivity (Wildman–Crippen MR) is 86.6 cm³/mol. The molecular formula is C15H21BrN2O3. The Hall–Kier alpha value is -1.56. The van der Waals surface area contributed by atoms with Gasteiger partial charge in [-0.2, -0.15) is 0 Å². The summed E-state index contributed by atoms with van der Waals surface area (Å²) in [6.07, 6.45) is 0.505. The van der Waals surface area contributed by atoms with Crippen molar-refractivity contribution in [2.75, 3.05) is 11.9 Å². The van der Waals surface area contributed by atoms with Gasteiger partial charge in [-0.05, 0) is 44.9 Å². The van der Waals surface area contributed by atoms with Crippen molar-refractivity contribution in [3.05, 3.63) is 28.2 Å². The van der Waals surface area contributed by atoms with E-state index in [4.69, 9.17) is 5.11 Å². The van der Waals surface area contributed by atoms with Crippen molar-refractivity contribution in [1.29, 1.82) is 0 Å². The van der Waals surface area contributed by atoms with Gasteiger partial charge in [0.25, 0.3) is 0 Å². The minimum Gasteiger partial charge on any atom is -0.481 e. The first-order valence-electron chi connectivity index (χ1n) is 6.87. The molecule has 0 saturated carbocycles. The molecule has 1 aromatic rings. The number of carbonyl (C=O) groups is 2. The lowest BCUT2D eigenvalue weighted by atomic mass is 10.2. The monoisotopic (exact) mass is 356 g/mol. The zero-order valence-corrected chi connectivity index (χ0v) is 14.1. The Kier molecular flexibility index (Phi) is 6.68. The molecule has 0 heterocycles. The molecule has 0 unspecified atom stereocenters. The van der Waals surface area contributed by atoms with Gasteiger partial charge in [0.2, 0.25) is 0 Å². The summed E-state index contributed by atoms with van der Waals surface area (Å²) in [7, 11) is 0. The van der Waals surface area contributed by atoms with Gasteiger partial charge in [0, 0.05) is 29.2 Å². The normalized spacial score (nSPS) is 10.5. The SMILES string of the molecule is Cc1ccc(NC(=O)N(CCCC(=O)O)C(C)C)cc1Br. The van der Waals surface area contributed by atoms with Crippen LogP contribution in [0.3, 0.4) is 0 Å². The third-order valence-corrected chi connectivity index (χ3v) is 3.95. The number of amides is 2. The number of hydrogen-bond acceptors (Lipinski definition) is 2. The number of carbonyl (C=O) groups excluding carboxylic acids is 1. The first-order chi connectivity index (χ1) is 9.81. The van der Waals surface area contributed by atoms with Crippen LogP contribution in [0.25, 0.3) is 0 Å². The molecule has 0 aliphatic heterocycles. The molecule has 21 heavy (non-hydrogen) atoms. The summed E-state index contributed by atoms with van der Waals surface area (Å²) in [6, 6.07) is 5.40. The molecule has 1 aromatic carbocycles. The van der Waals surface area contributed by atoms with Crippen molar-refractivity contribution in [2.45, 2.75) is 39.7 Å². The van der Waals surface area contributed by atoms with Crippen LogP contribution in [0.2, 0.25) is 0 Å². The Balaban J connectivity index is 2.67. The van der Waals surface area contributed by atoms with Gasteiger partial charge in [0.15, 0.2) is 0 Å². The van der Waals surface area contributed by atoms with Crippen LogP contribution < -0.4 is 5.32 Å². The number of carboxylic acid groups (broad SMARTS) is 1. The third kappa shape index (κ3) is 5.75. The minimum absolute atomic E-state index is 0.00711. The Bertz CT molecular complexity index is 518. The number of carboxylic acids is 1. The summed E-state index contributed by atoms with van der Waals surface area (Å²) in [4.78, 5) is 24.5. The molecule has 1 rings (SSSR count). The summed E-state index contributed by atoms with van der Waals surface area (Å²) >= 11 is 3.43. The van der Waals surface area contributed by atoms with Crippen molar-refractivity contribution in [3.63, 3.8) is 0 Å². The molecule has 0 bridgehead atoms. The first-order valence-corrected chi connectivity index (χ1v) is 7.66. The summed E-state index contributed by atoms with van der Waals surface area (Å²) in [6.45, 7) is 6.21. The molecule has 0 saturated heterocycles. The lowest BCUT2D eigenvalue weighted by Gasteiger charge is -2.27. The van der Waals surface area contributed by atoms with E-state index in [1.54, 1.807) is 4.90 Å². The summed E-state index contributed by atoms with van der Waals surface area (Å²) < 4.78 is 0.933. The fourth-order valence-corrected chi connectivity index (χ4v) is 2.24. The molecule has 2 amide bonds. The number of rotatable bonds is 6. The maximum atomic E-state index is 12.3. The molecule has 0 aliphatic rings. The predicted octanol–water partition coefficient (Wildman–Crippen LogP) is 3.86. The number of aryl methyl sites for hydroxylation is 1. The summed E-state index contributed by atoms with van der Waals surface area (Å²) in [5, 5.41) is 11.5. The number of nitrogens with zero attached hydrogens (tertiary/aromatic N) is 1. The Labute approximate surface area is 133 Å². The number of urea groups is 1. The van der Waals surface area contributed by atoms with Crippen molar-refractivity contribution in [2.24, 2.45) is 0 Å². The van der Waals surface area contributed by atoms with Gasteiger partial charge in [0.05, 0.1) is 0 Å². The average Bonchev–Trinajstić information content (AvgIpc) is 2.38. The van der Waals surface area contributed by atoms with Gasteiger partial charge in [-0.15, -0.1) is 0 Å². The molecule has 0 radical (unpaired) electrons. The highest BCUT2D eigenvalue weighted by molar-refractivity contribution is 9.10. The second-order valence-corrected chi connectivity index (χ2v) is 6.03. The van der Waals surface area contributed by atoms with E-state index >= 15 is 0 Å². The average molecular weight is 357 g/mol. The molecular weight excluding hydrogens is 336 g/mol. The zero-order chi connectivity index (χ0) is 16.0. The van der Waals surface area contributed by atoms with E-state index < -0.39 is 5.97 Å². The van der Waals surface area contributed by atoms with E-state index in [1.165, 1.54) is 0 Å². The largest absolute Gasteiger partial charge is 0.481 e. The van der Waals surface area contributed by atoms with E-state index in [0.29, 0.717) is 18.7 Å². The van der Waals surface area contributed by atoms with Gasteiger partial charge in [-0.25, -0.2) is 4.79 Å². The number of hydrogen-bond donors (Lipinski definition) is 2. The second-order valence-electron chi connectivity index (χ2n) is 5.18. The highest BCUT2D eigenvalue weighted by Crippen LogP contribution is 2.21. The maximum absolute atomic E-state index is 12.3. The molecule has 0 spiro atoms. The lowest BCUT2D eigenvalue weighted by Crippen LogP contribution is -2.40. The van der Waals surface area contributed by atoms with Crippen LogP contribution in [0, 0.1) is 6.92 Å². The van der Waals surface area contributed by atoms with Gasteiger partial charge < -0.3 is 15.3 Å². The fourth-order valence-electron chi connectivity index (χ4n) is 1.86. The van der Waals surface area contributed by atoms with E-state index in [-0.39, 0.29) is 18.5 Å². The van der Waals surface area contributed by atoms with Crippen LogP contribution in [0.1, 0.15) is 32.3 Å². The molecule has 6 heteroatoms. The molecule has 0 aliphatic carbocycles. The van der Waals surface area contributed by atoms with Crippen molar-refractivity contribution in [1.82, 2.24) is 4.90 Å². The first kappa shape index (κ1) is 17.5. The number of anilines is 1. The van der Waals surface area contributed by atoms with E-state index in [2.05, 4.69) is 21.2 Å². The number of benzene rings is 1. The van der Waals surface area contributed by atoms with Crippen molar-refractivity contribution < 1.29 is 14.7 Å². The van der Waals surface area contributed by atoms with Crippen LogP contribution in [-0.4, -0.2) is 34.6 Å². The third-order valence-electron chi connectivity index (χ3n) is 3.10. The number of aliphatic carboxylic acids is 1. The minimum atomic E-state index is -0.846. The highest BCUT2D eigenvalue weighted by Gasteiger charge is 2.17. The zero-order valence-electron chi connectivity index (χ0n) is 12.5. The second kappa shape index (κ2) is 8.02. The molecule has 116 valence electrons. The topological polar surface area (TPSA) is 69.6 Å². The standard InChI is InChI=1S/C15H21BrN2O3/c1-10(2)18(8-4-5-14(19)20)15(21)17-12-7-6-11(3)13(16)9-12/h6-7,9-10H,4-5,8H2,1-3H3,(H,17,21)(H,19,20). The molecule has 0 aromatic heterocycles. The van der Waals surface area contributed by atoms with Crippen LogP contribution in [-0.2, 0) is 4.79 Å². The van der Waals surface area contributed by atoms with Gasteiger partial charge in [-0.1, -0.05) is 22.0 Å². The van der Waals surface area contributed by atoms with Crippen molar-refractivity contribution in [3.8, 4) is 0 Å². The Morgan fingerprint density at radius 1 is 1.38 bits per heavy atom. The quantitative estimate of drug-likeness (QED) is 0.812. The van der Waals surface area contributed by atoms with E-state index in [1.807, 2.05) is 39.0 Å². The highest BCUT2D eigenvalue weighted by atomic mass is 79.9. The van der Waals surface area contributed by atoms with E-state index in [9.17, 15) is 9.59 Å².